The van der Waals surface area contributed by atoms with Gasteiger partial charge in [-0.15, -0.1) is 0 Å². The van der Waals surface area contributed by atoms with Crippen molar-refractivity contribution in [2.24, 2.45) is 0 Å². The summed E-state index contributed by atoms with van der Waals surface area (Å²) in [5, 5.41) is 18.9. The summed E-state index contributed by atoms with van der Waals surface area (Å²) in [6, 6.07) is 4.13. The second-order valence-electron chi connectivity index (χ2n) is 3.83. The molecule has 18 heavy (non-hydrogen) atoms. The number of aromatic hydroxyl groups is 1. The molecule has 1 rings (SSSR count). The van der Waals surface area contributed by atoms with E-state index in [0.29, 0.717) is 5.56 Å². The van der Waals surface area contributed by atoms with Crippen molar-refractivity contribution in [3.8, 4) is 11.5 Å². The minimum atomic E-state index is -4.58. The van der Waals surface area contributed by atoms with E-state index in [4.69, 9.17) is 9.29 Å². The second kappa shape index (κ2) is 6.66. The van der Waals surface area contributed by atoms with Crippen LogP contribution in [0.2, 0.25) is 0 Å². The zero-order valence-corrected chi connectivity index (χ0v) is 14.4. The molecule has 0 saturated carbocycles. The molecule has 0 aliphatic rings. The normalized spacial score (nSPS) is 14.4. The molecule has 1 unspecified atom stereocenters. The molecule has 0 saturated heterocycles. The minimum Gasteiger partial charge on any atom is -0.504 e. The van der Waals surface area contributed by atoms with E-state index in [-0.39, 0.29) is 69.3 Å². The van der Waals surface area contributed by atoms with Gasteiger partial charge in [-0.2, -0.15) is 8.42 Å². The van der Waals surface area contributed by atoms with Gasteiger partial charge in [0.2, 0.25) is 0 Å². The SMILES string of the molecule is COc1cc(CC(C)(O)S(=O)(=O)O)ccc1O.[K]. The largest absolute Gasteiger partial charge is 0.504 e. The minimum absolute atomic E-state index is 0. The second-order valence-corrected chi connectivity index (χ2v) is 5.66. The van der Waals surface area contributed by atoms with E-state index in [1.54, 1.807) is 0 Å². The van der Waals surface area contributed by atoms with Gasteiger partial charge in [0.25, 0.3) is 10.1 Å². The molecule has 0 aliphatic heterocycles. The van der Waals surface area contributed by atoms with E-state index >= 15 is 0 Å². The number of phenols is 1. The summed E-state index contributed by atoms with van der Waals surface area (Å²) < 4.78 is 35.5. The number of rotatable bonds is 4. The summed E-state index contributed by atoms with van der Waals surface area (Å²) in [4.78, 5) is -2.28. The molecular formula is C10H14KO6S. The first-order valence-electron chi connectivity index (χ1n) is 4.72. The molecule has 6 nitrogen and oxygen atoms in total. The van der Waals surface area contributed by atoms with Gasteiger partial charge >= 0.3 is 0 Å². The van der Waals surface area contributed by atoms with E-state index in [0.717, 1.165) is 6.92 Å². The van der Waals surface area contributed by atoms with E-state index in [9.17, 15) is 18.6 Å². The van der Waals surface area contributed by atoms with Gasteiger partial charge in [-0.05, 0) is 24.6 Å². The maximum absolute atomic E-state index is 10.9. The zero-order valence-electron chi connectivity index (χ0n) is 10.4. The summed E-state index contributed by atoms with van der Waals surface area (Å²) in [7, 11) is -3.23. The summed E-state index contributed by atoms with van der Waals surface area (Å²) in [5.74, 6) is 0.0661. The molecule has 0 fully saturated rings. The molecule has 3 N–H and O–H groups in total. The van der Waals surface area contributed by atoms with Gasteiger partial charge in [-0.25, -0.2) is 0 Å². The Morgan fingerprint density at radius 3 is 2.39 bits per heavy atom. The topological polar surface area (TPSA) is 104 Å². The number of ether oxygens (including phenoxy) is 1. The fourth-order valence-electron chi connectivity index (χ4n) is 1.30. The van der Waals surface area contributed by atoms with E-state index < -0.39 is 15.1 Å². The van der Waals surface area contributed by atoms with Gasteiger partial charge in [-0.1, -0.05) is 6.07 Å². The molecule has 97 valence electrons. The molecule has 1 atom stereocenters. The van der Waals surface area contributed by atoms with Crippen LogP contribution in [0, 0.1) is 0 Å². The Hall–Kier alpha value is 0.326. The average Bonchev–Trinajstić information content (AvgIpc) is 2.19. The third-order valence-corrected chi connectivity index (χ3v) is 3.59. The number of aliphatic hydroxyl groups is 1. The number of benzene rings is 1. The van der Waals surface area contributed by atoms with Crippen LogP contribution in [-0.2, 0) is 16.5 Å². The molecule has 0 amide bonds. The van der Waals surface area contributed by atoms with Crippen LogP contribution < -0.4 is 4.74 Å². The molecule has 0 bridgehead atoms. The van der Waals surface area contributed by atoms with Crippen molar-refractivity contribution in [2.45, 2.75) is 18.3 Å². The van der Waals surface area contributed by atoms with Crippen LogP contribution in [0.25, 0.3) is 0 Å². The van der Waals surface area contributed by atoms with Crippen LogP contribution in [0.4, 0.5) is 0 Å². The molecule has 0 heterocycles. The van der Waals surface area contributed by atoms with E-state index in [1.807, 2.05) is 0 Å². The zero-order chi connectivity index (χ0) is 13.3. The third-order valence-electron chi connectivity index (χ3n) is 2.33. The Morgan fingerprint density at radius 2 is 1.94 bits per heavy atom. The Labute approximate surface area is 148 Å². The monoisotopic (exact) mass is 301 g/mol. The summed E-state index contributed by atoms with van der Waals surface area (Å²) in [5.41, 5.74) is 0.405. The van der Waals surface area contributed by atoms with Gasteiger partial charge < -0.3 is 14.9 Å². The Morgan fingerprint density at radius 1 is 1.39 bits per heavy atom. The summed E-state index contributed by atoms with van der Waals surface area (Å²) in [6.45, 7) is 0.988. The van der Waals surface area contributed by atoms with E-state index in [2.05, 4.69) is 0 Å². The summed E-state index contributed by atoms with van der Waals surface area (Å²) in [6.07, 6.45) is -0.317. The predicted octanol–water partition coefficient (Wildman–Crippen LogP) is 0.159. The van der Waals surface area contributed by atoms with Gasteiger partial charge in [0, 0.05) is 57.8 Å². The van der Waals surface area contributed by atoms with Gasteiger partial charge in [0.05, 0.1) is 7.11 Å². The van der Waals surface area contributed by atoms with Gasteiger partial charge in [-0.3, -0.25) is 4.55 Å². The van der Waals surface area contributed by atoms with Crippen molar-refractivity contribution in [1.82, 2.24) is 0 Å². The first-order valence-corrected chi connectivity index (χ1v) is 6.16. The fraction of sp³-hybridized carbons (Fsp3) is 0.400. The molecule has 0 aromatic heterocycles. The van der Waals surface area contributed by atoms with Crippen LogP contribution in [0.3, 0.4) is 0 Å². The predicted molar refractivity (Wildman–Crippen MR) is 66.3 cm³/mol. The average molecular weight is 301 g/mol. The summed E-state index contributed by atoms with van der Waals surface area (Å²) >= 11 is 0. The van der Waals surface area contributed by atoms with Crippen molar-refractivity contribution in [3.05, 3.63) is 23.8 Å². The molecule has 8 heteroatoms. The van der Waals surface area contributed by atoms with Gasteiger partial charge in [0.15, 0.2) is 16.4 Å². The number of phenolic OH excluding ortho intramolecular Hbond substituents is 1. The molecular weight excluding hydrogens is 287 g/mol. The standard InChI is InChI=1S/C10H14O6S.K/c1-10(12,17(13,14)15)6-7-3-4-8(11)9(5-7)16-2;/h3-5,11-12H,6H2,1-2H3,(H,13,14,15);. The number of hydrogen-bond acceptors (Lipinski definition) is 5. The van der Waals surface area contributed by atoms with Crippen molar-refractivity contribution < 1.29 is 27.9 Å². The van der Waals surface area contributed by atoms with E-state index in [1.165, 1.54) is 25.3 Å². The fourth-order valence-corrected chi connectivity index (χ4v) is 1.65. The first-order chi connectivity index (χ1) is 7.67. The van der Waals surface area contributed by atoms with Gasteiger partial charge in [0.1, 0.15) is 0 Å². The molecule has 0 spiro atoms. The van der Waals surface area contributed by atoms with Crippen molar-refractivity contribution in [1.29, 1.82) is 0 Å². The molecule has 0 aliphatic carbocycles. The van der Waals surface area contributed by atoms with Crippen LogP contribution in [0.5, 0.6) is 11.5 Å². The quantitative estimate of drug-likeness (QED) is 0.540. The Bertz CT molecular complexity index is 511. The molecule has 1 radical (unpaired) electrons. The Kier molecular flexibility index (Phi) is 6.78. The van der Waals surface area contributed by atoms with Crippen LogP contribution in [0.15, 0.2) is 18.2 Å². The van der Waals surface area contributed by atoms with Crippen LogP contribution in [0.1, 0.15) is 12.5 Å². The smallest absolute Gasteiger partial charge is 0.295 e. The number of hydrogen-bond donors (Lipinski definition) is 3. The molecule has 1 aromatic rings. The number of methoxy groups -OCH3 is 1. The van der Waals surface area contributed by atoms with Crippen LogP contribution >= 0.6 is 0 Å². The van der Waals surface area contributed by atoms with Crippen LogP contribution in [-0.4, -0.2) is 86.6 Å². The van der Waals surface area contributed by atoms with Crippen molar-refractivity contribution >= 4 is 61.5 Å². The third kappa shape index (κ3) is 4.46. The maximum atomic E-state index is 10.9. The maximum Gasteiger partial charge on any atom is 0.295 e. The first kappa shape index (κ1) is 18.3. The van der Waals surface area contributed by atoms with Crippen molar-refractivity contribution in [3.63, 3.8) is 0 Å². The molecule has 1 aromatic carbocycles. The Balaban J connectivity index is 0.00000289. The van der Waals surface area contributed by atoms with Crippen molar-refractivity contribution in [2.75, 3.05) is 7.11 Å².